The summed E-state index contributed by atoms with van der Waals surface area (Å²) in [6.07, 6.45) is 4.41. The van der Waals surface area contributed by atoms with Crippen LogP contribution in [-0.4, -0.2) is 71.3 Å². The van der Waals surface area contributed by atoms with E-state index in [-0.39, 0.29) is 35.7 Å². The van der Waals surface area contributed by atoms with Gasteiger partial charge in [0.25, 0.3) is 11.8 Å². The number of ether oxygens (including phenoxy) is 1. The van der Waals surface area contributed by atoms with Gasteiger partial charge in [-0.3, -0.25) is 19.3 Å². The van der Waals surface area contributed by atoms with Crippen molar-refractivity contribution in [1.82, 2.24) is 15.1 Å². The number of hydrogen-bond donors (Lipinski definition) is 1. The molecule has 4 amide bonds. The van der Waals surface area contributed by atoms with E-state index in [4.69, 9.17) is 4.74 Å². The fourth-order valence-electron chi connectivity index (χ4n) is 5.45. The highest BCUT2D eigenvalue weighted by Gasteiger charge is 2.55. The number of carbonyl (C=O) groups excluding carboxylic acids is 4. The van der Waals surface area contributed by atoms with Crippen LogP contribution in [0.4, 0.5) is 4.79 Å². The molecule has 33 heavy (non-hydrogen) atoms. The molecule has 1 N–H and O–H groups in total. The van der Waals surface area contributed by atoms with Crippen LogP contribution in [-0.2, 0) is 9.53 Å². The molecular weight excluding hydrogens is 422 g/mol. The van der Waals surface area contributed by atoms with Crippen LogP contribution in [0.1, 0.15) is 73.1 Å². The van der Waals surface area contributed by atoms with E-state index in [1.807, 2.05) is 6.92 Å². The third kappa shape index (κ3) is 4.53. The molecule has 1 aromatic carbocycles. The first-order chi connectivity index (χ1) is 15.9. The number of benzene rings is 1. The third-order valence-electron chi connectivity index (χ3n) is 7.27. The van der Waals surface area contributed by atoms with E-state index in [9.17, 15) is 19.2 Å². The summed E-state index contributed by atoms with van der Waals surface area (Å²) in [6.45, 7) is 5.56. The van der Waals surface area contributed by atoms with Gasteiger partial charge in [-0.25, -0.2) is 4.79 Å². The van der Waals surface area contributed by atoms with E-state index in [1.54, 1.807) is 29.2 Å². The third-order valence-corrected chi connectivity index (χ3v) is 7.27. The zero-order valence-electron chi connectivity index (χ0n) is 19.5. The molecule has 0 saturated carbocycles. The predicted octanol–water partition coefficient (Wildman–Crippen LogP) is 3.01. The van der Waals surface area contributed by atoms with Crippen molar-refractivity contribution in [1.29, 1.82) is 0 Å². The molecular formula is C25H33N3O5. The second-order valence-electron chi connectivity index (χ2n) is 9.40. The molecule has 3 fully saturated rings. The molecule has 0 spiro atoms. The number of Topliss-reactive ketones (excluding diaryl/α,β-unsaturated/α-hetero) is 1. The predicted molar refractivity (Wildman–Crippen MR) is 122 cm³/mol. The van der Waals surface area contributed by atoms with Gasteiger partial charge in [0.1, 0.15) is 5.54 Å². The molecule has 4 rings (SSSR count). The fourth-order valence-corrected chi connectivity index (χ4v) is 5.45. The second kappa shape index (κ2) is 9.63. The van der Waals surface area contributed by atoms with Gasteiger partial charge < -0.3 is 15.0 Å². The number of ketones is 1. The number of amides is 4. The Morgan fingerprint density at radius 1 is 1.09 bits per heavy atom. The van der Waals surface area contributed by atoms with Crippen molar-refractivity contribution in [3.8, 4) is 0 Å². The lowest BCUT2D eigenvalue weighted by atomic mass is 9.74. The number of rotatable bonds is 7. The highest BCUT2D eigenvalue weighted by atomic mass is 16.5. The van der Waals surface area contributed by atoms with Gasteiger partial charge in [0.2, 0.25) is 0 Å². The van der Waals surface area contributed by atoms with Gasteiger partial charge >= 0.3 is 6.03 Å². The van der Waals surface area contributed by atoms with Gasteiger partial charge in [0.15, 0.2) is 5.78 Å². The largest absolute Gasteiger partial charge is 0.376 e. The van der Waals surface area contributed by atoms with Crippen molar-refractivity contribution >= 4 is 23.6 Å². The summed E-state index contributed by atoms with van der Waals surface area (Å²) in [6, 6.07) is 6.40. The minimum absolute atomic E-state index is 0.0208. The quantitative estimate of drug-likeness (QED) is 0.504. The Morgan fingerprint density at radius 3 is 2.33 bits per heavy atom. The van der Waals surface area contributed by atoms with Crippen molar-refractivity contribution < 1.29 is 23.9 Å². The number of piperidine rings is 1. The molecule has 3 aliphatic rings. The minimum Gasteiger partial charge on any atom is -0.376 e. The number of nitrogens with one attached hydrogen (secondary N) is 1. The number of likely N-dealkylation sites (tertiary alicyclic amines) is 1. The van der Waals surface area contributed by atoms with Gasteiger partial charge in [0.05, 0.1) is 12.6 Å². The smallest absolute Gasteiger partial charge is 0.325 e. The molecule has 0 aromatic heterocycles. The van der Waals surface area contributed by atoms with Crippen molar-refractivity contribution in [2.45, 2.75) is 64.0 Å². The van der Waals surface area contributed by atoms with Gasteiger partial charge in [-0.15, -0.1) is 0 Å². The van der Waals surface area contributed by atoms with Crippen LogP contribution in [0.25, 0.3) is 0 Å². The summed E-state index contributed by atoms with van der Waals surface area (Å²) in [4.78, 5) is 53.9. The maximum atomic E-state index is 13.5. The molecule has 3 saturated heterocycles. The van der Waals surface area contributed by atoms with E-state index in [0.717, 1.165) is 19.3 Å². The number of carbonyl (C=O) groups is 4. The van der Waals surface area contributed by atoms with Crippen LogP contribution >= 0.6 is 0 Å². The van der Waals surface area contributed by atoms with Crippen LogP contribution in [0, 0.1) is 5.92 Å². The van der Waals surface area contributed by atoms with Gasteiger partial charge in [-0.05, 0) is 57.1 Å². The molecule has 0 aliphatic carbocycles. The first-order valence-corrected chi connectivity index (χ1v) is 12.0. The Balaban J connectivity index is 1.43. The average molecular weight is 456 g/mol. The summed E-state index contributed by atoms with van der Waals surface area (Å²) >= 11 is 0. The summed E-state index contributed by atoms with van der Waals surface area (Å²) < 4.78 is 5.65. The normalized spacial score (nSPS) is 26.1. The van der Waals surface area contributed by atoms with Crippen LogP contribution in [0.15, 0.2) is 24.3 Å². The van der Waals surface area contributed by atoms with Crippen LogP contribution < -0.4 is 5.32 Å². The Hall–Kier alpha value is -2.74. The Labute approximate surface area is 194 Å². The lowest BCUT2D eigenvalue weighted by Gasteiger charge is -2.41. The number of urea groups is 1. The first kappa shape index (κ1) is 23.4. The van der Waals surface area contributed by atoms with E-state index in [2.05, 4.69) is 5.32 Å². The molecule has 8 heteroatoms. The average Bonchev–Trinajstić information content (AvgIpc) is 3.42. The van der Waals surface area contributed by atoms with Crippen molar-refractivity contribution in [3.63, 3.8) is 0 Å². The molecule has 0 radical (unpaired) electrons. The summed E-state index contributed by atoms with van der Waals surface area (Å²) in [7, 11) is 0. The Morgan fingerprint density at radius 2 is 1.76 bits per heavy atom. The minimum atomic E-state index is -0.900. The molecule has 8 nitrogen and oxygen atoms in total. The Bertz CT molecular complexity index is 916. The van der Waals surface area contributed by atoms with Crippen LogP contribution in [0.3, 0.4) is 0 Å². The zero-order chi connectivity index (χ0) is 23.6. The first-order valence-electron chi connectivity index (χ1n) is 12.0. The number of imide groups is 1. The van der Waals surface area contributed by atoms with Crippen LogP contribution in [0.2, 0.25) is 0 Å². The fraction of sp³-hybridized carbons (Fsp3) is 0.600. The molecule has 178 valence electrons. The maximum absolute atomic E-state index is 13.5. The van der Waals surface area contributed by atoms with E-state index < -0.39 is 5.54 Å². The van der Waals surface area contributed by atoms with Gasteiger partial charge in [-0.2, -0.15) is 0 Å². The topological polar surface area (TPSA) is 96.0 Å². The molecule has 1 aromatic rings. The molecule has 0 bridgehead atoms. The monoisotopic (exact) mass is 455 g/mol. The lowest BCUT2D eigenvalue weighted by Crippen LogP contribution is -2.56. The zero-order valence-corrected chi connectivity index (χ0v) is 19.5. The standard InChI is InChI=1S/C25H33N3O5/c1-3-12-25(23(31)28(24(32)26-25)16-21-5-4-15-33-21)20-10-13-27(14-11-20)22(30)19-8-6-18(7-9-19)17(2)29/h6-9,20-21H,3-5,10-16H2,1-2H3,(H,26,32). The van der Waals surface area contributed by atoms with E-state index >= 15 is 0 Å². The summed E-state index contributed by atoms with van der Waals surface area (Å²) in [5.41, 5.74) is 0.229. The number of hydrogen-bond acceptors (Lipinski definition) is 5. The highest BCUT2D eigenvalue weighted by molar-refractivity contribution is 6.07. The van der Waals surface area contributed by atoms with E-state index in [1.165, 1.54) is 11.8 Å². The van der Waals surface area contributed by atoms with Crippen LogP contribution in [0.5, 0.6) is 0 Å². The second-order valence-corrected chi connectivity index (χ2v) is 9.40. The van der Waals surface area contributed by atoms with Crippen molar-refractivity contribution in [2.24, 2.45) is 5.92 Å². The van der Waals surface area contributed by atoms with Crippen molar-refractivity contribution in [2.75, 3.05) is 26.2 Å². The summed E-state index contributed by atoms with van der Waals surface area (Å²) in [5, 5.41) is 3.05. The SMILES string of the molecule is CCCC1(C2CCN(C(=O)c3ccc(C(C)=O)cc3)CC2)NC(=O)N(CC2CCCO2)C1=O. The Kier molecular flexibility index (Phi) is 6.83. The highest BCUT2D eigenvalue weighted by Crippen LogP contribution is 2.37. The molecule has 2 unspecified atom stereocenters. The van der Waals surface area contributed by atoms with Gasteiger partial charge in [-0.1, -0.05) is 25.5 Å². The molecule has 3 heterocycles. The molecule has 2 atom stereocenters. The van der Waals surface area contributed by atoms with Gasteiger partial charge in [0, 0.05) is 30.8 Å². The summed E-state index contributed by atoms with van der Waals surface area (Å²) in [5.74, 6) is -0.273. The van der Waals surface area contributed by atoms with Crippen molar-refractivity contribution in [3.05, 3.63) is 35.4 Å². The van der Waals surface area contributed by atoms with E-state index in [0.29, 0.717) is 56.6 Å². The number of nitrogens with zero attached hydrogens (tertiary/aromatic N) is 2. The molecule has 3 aliphatic heterocycles. The lowest BCUT2D eigenvalue weighted by molar-refractivity contribution is -0.135. The maximum Gasteiger partial charge on any atom is 0.325 e.